The van der Waals surface area contributed by atoms with Crippen LogP contribution in [0.15, 0.2) is 21.9 Å². The van der Waals surface area contributed by atoms with Gasteiger partial charge in [-0.25, -0.2) is 4.79 Å². The highest BCUT2D eigenvalue weighted by Crippen LogP contribution is 2.29. The summed E-state index contributed by atoms with van der Waals surface area (Å²) in [6.45, 7) is 1.14. The van der Waals surface area contributed by atoms with Gasteiger partial charge in [0.2, 0.25) is 0 Å². The maximum absolute atomic E-state index is 11.8. The molecule has 12 nitrogen and oxygen atoms in total. The third-order valence-electron chi connectivity index (χ3n) is 4.70. The Morgan fingerprint density at radius 3 is 2.41 bits per heavy atom. The fraction of sp³-hybridized carbons (Fsp3) is 0.733. The second-order valence-corrected chi connectivity index (χ2v) is 6.58. The first-order chi connectivity index (χ1) is 12.7. The Morgan fingerprint density at radius 2 is 1.74 bits per heavy atom. The van der Waals surface area contributed by atoms with Crippen LogP contribution >= 0.6 is 0 Å². The monoisotopic (exact) mass is 390 g/mol. The Balaban J connectivity index is 1.66. The molecule has 12 heteroatoms. The summed E-state index contributed by atoms with van der Waals surface area (Å²) < 4.78 is 17.0. The molecule has 152 valence electrons. The fourth-order valence-electron chi connectivity index (χ4n) is 3.07. The smallest absolute Gasteiger partial charge is 0.330 e. The molecule has 0 spiro atoms. The van der Waals surface area contributed by atoms with Gasteiger partial charge in [-0.3, -0.25) is 14.3 Å². The average molecular weight is 390 g/mol. The molecule has 0 saturated carbocycles. The van der Waals surface area contributed by atoms with Gasteiger partial charge in [0.25, 0.3) is 5.56 Å². The number of aliphatic hydroxyl groups excluding tert-OH is 5. The summed E-state index contributed by atoms with van der Waals surface area (Å²) in [5.41, 5.74) is -1.44. The molecular weight excluding hydrogens is 368 g/mol. The van der Waals surface area contributed by atoms with Crippen LogP contribution in [-0.2, 0) is 14.2 Å². The molecular formula is C15H22N2O10. The van der Waals surface area contributed by atoms with Crippen molar-refractivity contribution in [3.05, 3.63) is 33.1 Å². The molecule has 2 aliphatic heterocycles. The van der Waals surface area contributed by atoms with Gasteiger partial charge >= 0.3 is 5.69 Å². The van der Waals surface area contributed by atoms with E-state index in [9.17, 15) is 35.1 Å². The zero-order valence-corrected chi connectivity index (χ0v) is 14.3. The summed E-state index contributed by atoms with van der Waals surface area (Å²) in [5, 5.41) is 49.6. The minimum absolute atomic E-state index is 0.343. The molecule has 1 aromatic heterocycles. The van der Waals surface area contributed by atoms with E-state index < -0.39 is 66.5 Å². The number of nitrogens with one attached hydrogen (secondary N) is 1. The number of aromatic amines is 1. The van der Waals surface area contributed by atoms with Gasteiger partial charge in [-0.1, -0.05) is 0 Å². The zero-order chi connectivity index (χ0) is 19.9. The highest BCUT2D eigenvalue weighted by Gasteiger charge is 2.46. The number of nitrogens with zero attached hydrogens (tertiary/aromatic N) is 1. The molecule has 1 aromatic rings. The molecule has 2 saturated heterocycles. The Labute approximate surface area is 152 Å². The van der Waals surface area contributed by atoms with Crippen molar-refractivity contribution in [1.29, 1.82) is 0 Å². The molecule has 2 fully saturated rings. The highest BCUT2D eigenvalue weighted by molar-refractivity contribution is 4.94. The molecule has 0 unspecified atom stereocenters. The molecule has 9 atom stereocenters. The topological polar surface area (TPSA) is 184 Å². The first-order valence-corrected chi connectivity index (χ1v) is 8.35. The average Bonchev–Trinajstić information content (AvgIpc) is 2.90. The molecule has 0 aromatic carbocycles. The number of ether oxygens (including phenoxy) is 3. The van der Waals surface area contributed by atoms with Crippen molar-refractivity contribution in [3.8, 4) is 0 Å². The lowest BCUT2D eigenvalue weighted by Crippen LogP contribution is -2.57. The SMILES string of the molecule is C[C@@H]1O[C@H](OC[C@H]2O[C@@H](n3ccc(=O)[nH]c3=O)[C@H](O)[C@@H]2O)[C@H](O)[C@H](O)[C@H]1O. The number of H-pyrrole nitrogens is 1. The standard InChI is InChI=1S/C15H22N2O10/c1-5-8(19)10(21)12(23)14(26-5)25-4-6-9(20)11(22)13(27-6)17-3-2-7(18)16-15(17)24/h2-3,5-6,8-14,19-23H,4H2,1H3,(H,16,18,24)/t5-,6+,8-,9+,10+,11+,12+,13+,14-/m0/s1. The molecule has 0 amide bonds. The van der Waals surface area contributed by atoms with Crippen LogP contribution in [0.4, 0.5) is 0 Å². The minimum Gasteiger partial charge on any atom is -0.388 e. The van der Waals surface area contributed by atoms with Gasteiger partial charge in [-0.2, -0.15) is 0 Å². The Bertz CT molecular complexity index is 765. The number of aliphatic hydroxyl groups is 5. The van der Waals surface area contributed by atoms with Gasteiger partial charge in [0.05, 0.1) is 12.7 Å². The summed E-state index contributed by atoms with van der Waals surface area (Å²) in [6, 6.07) is 1.06. The Morgan fingerprint density at radius 1 is 1.04 bits per heavy atom. The maximum Gasteiger partial charge on any atom is 0.330 e. The zero-order valence-electron chi connectivity index (χ0n) is 14.3. The second kappa shape index (κ2) is 7.77. The van der Waals surface area contributed by atoms with Crippen LogP contribution in [0.3, 0.4) is 0 Å². The van der Waals surface area contributed by atoms with Crippen LogP contribution in [0.2, 0.25) is 0 Å². The third-order valence-corrected chi connectivity index (χ3v) is 4.70. The van der Waals surface area contributed by atoms with Crippen LogP contribution in [0, 0.1) is 0 Å². The van der Waals surface area contributed by atoms with Crippen molar-refractivity contribution in [1.82, 2.24) is 9.55 Å². The van der Waals surface area contributed by atoms with Crippen molar-refractivity contribution in [3.63, 3.8) is 0 Å². The lowest BCUT2D eigenvalue weighted by atomic mass is 10.00. The van der Waals surface area contributed by atoms with Crippen molar-refractivity contribution >= 4 is 0 Å². The van der Waals surface area contributed by atoms with Crippen LogP contribution in [0.5, 0.6) is 0 Å². The van der Waals surface area contributed by atoms with E-state index in [1.165, 1.54) is 6.92 Å². The molecule has 0 aliphatic carbocycles. The highest BCUT2D eigenvalue weighted by atomic mass is 16.7. The largest absolute Gasteiger partial charge is 0.388 e. The fourth-order valence-corrected chi connectivity index (χ4v) is 3.07. The van der Waals surface area contributed by atoms with E-state index in [4.69, 9.17) is 14.2 Å². The Kier molecular flexibility index (Phi) is 5.79. The normalized spacial score (nSPS) is 42.4. The van der Waals surface area contributed by atoms with E-state index >= 15 is 0 Å². The predicted molar refractivity (Wildman–Crippen MR) is 85.6 cm³/mol. The van der Waals surface area contributed by atoms with Crippen LogP contribution in [0.1, 0.15) is 13.2 Å². The van der Waals surface area contributed by atoms with Gasteiger partial charge < -0.3 is 39.7 Å². The summed E-state index contributed by atoms with van der Waals surface area (Å²) in [6.07, 6.45) is -10.5. The Hall–Kier alpha value is -1.64. The first kappa shape index (κ1) is 20.1. The predicted octanol–water partition coefficient (Wildman–Crippen LogP) is -4.00. The number of hydrogen-bond acceptors (Lipinski definition) is 10. The van der Waals surface area contributed by atoms with Gasteiger partial charge in [0.15, 0.2) is 12.5 Å². The van der Waals surface area contributed by atoms with Crippen molar-refractivity contribution in [2.24, 2.45) is 0 Å². The molecule has 3 heterocycles. The summed E-state index contributed by atoms with van der Waals surface area (Å²) in [5.74, 6) is 0. The van der Waals surface area contributed by atoms with Crippen molar-refractivity contribution in [2.75, 3.05) is 6.61 Å². The molecule has 0 bridgehead atoms. The molecule has 6 N–H and O–H groups in total. The quantitative estimate of drug-likeness (QED) is 0.296. The molecule has 0 radical (unpaired) electrons. The number of aromatic nitrogens is 2. The summed E-state index contributed by atoms with van der Waals surface area (Å²) >= 11 is 0. The van der Waals surface area contributed by atoms with Crippen molar-refractivity contribution in [2.45, 2.75) is 62.2 Å². The second-order valence-electron chi connectivity index (χ2n) is 6.58. The van der Waals surface area contributed by atoms with Crippen LogP contribution in [-0.4, -0.2) is 90.7 Å². The number of hydrogen-bond donors (Lipinski definition) is 6. The van der Waals surface area contributed by atoms with E-state index in [-0.39, 0.29) is 6.61 Å². The van der Waals surface area contributed by atoms with Gasteiger partial charge in [-0.15, -0.1) is 0 Å². The lowest BCUT2D eigenvalue weighted by Gasteiger charge is -2.39. The maximum atomic E-state index is 11.8. The van der Waals surface area contributed by atoms with Crippen LogP contribution < -0.4 is 11.2 Å². The van der Waals surface area contributed by atoms with E-state index in [1.807, 2.05) is 4.98 Å². The molecule has 27 heavy (non-hydrogen) atoms. The number of rotatable bonds is 4. The van der Waals surface area contributed by atoms with Crippen molar-refractivity contribution < 1.29 is 39.7 Å². The van der Waals surface area contributed by atoms with E-state index in [0.29, 0.717) is 0 Å². The lowest BCUT2D eigenvalue weighted by molar-refractivity contribution is -0.298. The van der Waals surface area contributed by atoms with E-state index in [0.717, 1.165) is 16.8 Å². The summed E-state index contributed by atoms with van der Waals surface area (Å²) in [4.78, 5) is 25.0. The first-order valence-electron chi connectivity index (χ1n) is 8.35. The van der Waals surface area contributed by atoms with E-state index in [2.05, 4.69) is 0 Å². The third kappa shape index (κ3) is 3.83. The van der Waals surface area contributed by atoms with Gasteiger partial charge in [0.1, 0.15) is 36.6 Å². The van der Waals surface area contributed by atoms with Crippen LogP contribution in [0.25, 0.3) is 0 Å². The van der Waals surface area contributed by atoms with Gasteiger partial charge in [-0.05, 0) is 6.92 Å². The van der Waals surface area contributed by atoms with E-state index in [1.54, 1.807) is 0 Å². The summed E-state index contributed by atoms with van der Waals surface area (Å²) in [7, 11) is 0. The minimum atomic E-state index is -1.53. The van der Waals surface area contributed by atoms with Gasteiger partial charge in [0, 0.05) is 12.3 Å². The molecule has 3 rings (SSSR count). The molecule has 2 aliphatic rings.